The number of carbonyl (C=O) groups is 1. The molecule has 3 heterocycles. The number of allylic oxidation sites excluding steroid dienone is 1. The molecule has 0 unspecified atom stereocenters. The molecule has 2 aliphatic rings. The Kier molecular flexibility index (Phi) is 7.62. The molecule has 202 valence electrons. The number of carbonyl (C=O) groups excluding carboxylic acids is 1. The highest BCUT2D eigenvalue weighted by atomic mass is 79.9. The minimum absolute atomic E-state index is 0.109. The summed E-state index contributed by atoms with van der Waals surface area (Å²) >= 11 is 4.77. The fraction of sp³-hybridized carbons (Fsp3) is 0.250. The molecule has 11 heteroatoms. The Hall–Kier alpha value is -3.83. The van der Waals surface area contributed by atoms with E-state index in [1.807, 2.05) is 12.1 Å². The van der Waals surface area contributed by atoms with Crippen LogP contribution in [0.2, 0.25) is 0 Å². The maximum atomic E-state index is 13.9. The van der Waals surface area contributed by atoms with Crippen LogP contribution in [0.5, 0.6) is 23.0 Å². The first-order valence-electron chi connectivity index (χ1n) is 12.1. The van der Waals surface area contributed by atoms with Crippen molar-refractivity contribution >= 4 is 39.3 Å². The van der Waals surface area contributed by atoms with E-state index in [1.54, 1.807) is 51.3 Å². The van der Waals surface area contributed by atoms with Gasteiger partial charge < -0.3 is 23.7 Å². The molecule has 0 spiro atoms. The summed E-state index contributed by atoms with van der Waals surface area (Å²) in [5.74, 6) is 1.66. The van der Waals surface area contributed by atoms with Crippen molar-refractivity contribution in [3.8, 4) is 23.0 Å². The van der Waals surface area contributed by atoms with Gasteiger partial charge in [0, 0.05) is 0 Å². The molecule has 0 amide bonds. The summed E-state index contributed by atoms with van der Waals surface area (Å²) in [5.41, 5.74) is 1.88. The van der Waals surface area contributed by atoms with Gasteiger partial charge in [0.1, 0.15) is 6.61 Å². The molecule has 0 saturated carbocycles. The van der Waals surface area contributed by atoms with Crippen LogP contribution in [0, 0.1) is 0 Å². The molecule has 0 fully saturated rings. The number of halogens is 1. The van der Waals surface area contributed by atoms with Gasteiger partial charge in [0.05, 0.1) is 40.0 Å². The van der Waals surface area contributed by atoms with Crippen LogP contribution in [0.25, 0.3) is 6.08 Å². The second kappa shape index (κ2) is 11.1. The van der Waals surface area contributed by atoms with Gasteiger partial charge in [0.15, 0.2) is 27.8 Å². The number of rotatable bonds is 8. The number of hydrogen-bond acceptors (Lipinski definition) is 9. The lowest BCUT2D eigenvalue weighted by Gasteiger charge is -2.24. The fourth-order valence-electron chi connectivity index (χ4n) is 4.45. The third-order valence-electron chi connectivity index (χ3n) is 6.12. The molecular formula is C28H25BrN2O7S. The topological polar surface area (TPSA) is 97.6 Å². The first kappa shape index (κ1) is 26.8. The van der Waals surface area contributed by atoms with E-state index in [9.17, 15) is 9.59 Å². The highest BCUT2D eigenvalue weighted by Crippen LogP contribution is 2.39. The van der Waals surface area contributed by atoms with E-state index in [4.69, 9.17) is 23.7 Å². The average Bonchev–Trinajstić information content (AvgIpc) is 3.50. The molecule has 0 N–H and O–H groups in total. The van der Waals surface area contributed by atoms with Gasteiger partial charge in [-0.05, 0) is 71.2 Å². The summed E-state index contributed by atoms with van der Waals surface area (Å²) < 4.78 is 30.2. The molecule has 1 atom stereocenters. The minimum Gasteiger partial charge on any atom is -0.493 e. The lowest BCUT2D eigenvalue weighted by Crippen LogP contribution is -2.39. The zero-order valence-electron chi connectivity index (χ0n) is 21.5. The van der Waals surface area contributed by atoms with Gasteiger partial charge >= 0.3 is 5.97 Å². The van der Waals surface area contributed by atoms with Crippen LogP contribution in [0.1, 0.15) is 31.0 Å². The summed E-state index contributed by atoms with van der Waals surface area (Å²) in [5, 5.41) is 0. The van der Waals surface area contributed by atoms with E-state index in [0.29, 0.717) is 60.2 Å². The van der Waals surface area contributed by atoms with Crippen LogP contribution >= 0.6 is 27.3 Å². The van der Waals surface area contributed by atoms with Crippen molar-refractivity contribution in [2.75, 3.05) is 27.1 Å². The second-order valence-electron chi connectivity index (χ2n) is 8.55. The zero-order chi connectivity index (χ0) is 27.7. The van der Waals surface area contributed by atoms with Crippen molar-refractivity contribution < 1.29 is 28.5 Å². The van der Waals surface area contributed by atoms with Crippen LogP contribution in [-0.2, 0) is 9.53 Å². The molecular weight excluding hydrogens is 588 g/mol. The Labute approximate surface area is 236 Å². The van der Waals surface area contributed by atoms with Crippen molar-refractivity contribution in [2.45, 2.75) is 19.9 Å². The van der Waals surface area contributed by atoms with Gasteiger partial charge in [0.2, 0.25) is 6.79 Å². The summed E-state index contributed by atoms with van der Waals surface area (Å²) in [6.45, 7) is 7.77. The summed E-state index contributed by atoms with van der Waals surface area (Å²) in [7, 11) is 1.55. The predicted molar refractivity (Wildman–Crippen MR) is 149 cm³/mol. The third-order valence-corrected chi connectivity index (χ3v) is 7.70. The van der Waals surface area contributed by atoms with Gasteiger partial charge in [-0.1, -0.05) is 30.1 Å². The minimum atomic E-state index is -0.757. The Bertz CT molecular complexity index is 1690. The van der Waals surface area contributed by atoms with E-state index in [-0.39, 0.29) is 19.0 Å². The highest BCUT2D eigenvalue weighted by molar-refractivity contribution is 9.10. The van der Waals surface area contributed by atoms with Crippen molar-refractivity contribution in [2.24, 2.45) is 4.99 Å². The maximum Gasteiger partial charge on any atom is 0.338 e. The third kappa shape index (κ3) is 4.99. The number of aromatic nitrogens is 1. The SMILES string of the molecule is C=CCOc1c(Br)cc(C=c2sc3n(c2=O)[C@H](c2ccc4c(c2)OCO4)C(C(=O)OCC)=C(C)N=3)cc1OC. The van der Waals surface area contributed by atoms with Gasteiger partial charge in [-0.15, -0.1) is 0 Å². The highest BCUT2D eigenvalue weighted by Gasteiger charge is 2.34. The molecule has 0 aliphatic carbocycles. The number of ether oxygens (including phenoxy) is 5. The van der Waals surface area contributed by atoms with Crippen molar-refractivity contribution in [3.63, 3.8) is 0 Å². The van der Waals surface area contributed by atoms with Crippen molar-refractivity contribution in [3.05, 3.63) is 89.5 Å². The Morgan fingerprint density at radius 2 is 2.08 bits per heavy atom. The standard InChI is InChI=1S/C28H25BrN2O7S/c1-5-9-36-25-18(29)10-16(11-21(25)34-4)12-22-26(32)31-24(17-7-8-19-20(13-17)38-14-37-19)23(27(33)35-6-2)15(3)30-28(31)39-22/h5,7-8,10-13,24H,1,6,9,14H2,2-4H3/t24-/m1/s1. The molecule has 2 aliphatic heterocycles. The summed E-state index contributed by atoms with van der Waals surface area (Å²) in [6.07, 6.45) is 3.40. The molecule has 0 saturated heterocycles. The summed E-state index contributed by atoms with van der Waals surface area (Å²) in [4.78, 5) is 32.1. The van der Waals surface area contributed by atoms with Crippen LogP contribution in [0.4, 0.5) is 0 Å². The normalized spacial score (nSPS) is 16.0. The molecule has 3 aromatic rings. The first-order valence-corrected chi connectivity index (χ1v) is 13.7. The predicted octanol–water partition coefficient (Wildman–Crippen LogP) is 3.86. The first-order chi connectivity index (χ1) is 18.9. The quantitative estimate of drug-likeness (QED) is 0.281. The fourth-order valence-corrected chi connectivity index (χ4v) is 6.07. The molecule has 0 bridgehead atoms. The molecule has 9 nitrogen and oxygen atoms in total. The summed E-state index contributed by atoms with van der Waals surface area (Å²) in [6, 6.07) is 8.23. The van der Waals surface area contributed by atoms with E-state index < -0.39 is 12.0 Å². The molecule has 2 aromatic carbocycles. The maximum absolute atomic E-state index is 13.9. The van der Waals surface area contributed by atoms with Gasteiger partial charge in [0.25, 0.3) is 5.56 Å². The Morgan fingerprint density at radius 1 is 1.28 bits per heavy atom. The number of hydrogen-bond donors (Lipinski definition) is 0. The number of thiazole rings is 1. The number of methoxy groups -OCH3 is 1. The molecule has 1 aromatic heterocycles. The molecule has 5 rings (SSSR count). The molecule has 0 radical (unpaired) electrons. The number of esters is 1. The second-order valence-corrected chi connectivity index (χ2v) is 10.4. The zero-order valence-corrected chi connectivity index (χ0v) is 23.9. The van der Waals surface area contributed by atoms with Crippen LogP contribution in [-0.4, -0.2) is 37.7 Å². The average molecular weight is 613 g/mol. The Balaban J connectivity index is 1.67. The lowest BCUT2D eigenvalue weighted by atomic mass is 9.95. The monoisotopic (exact) mass is 612 g/mol. The van der Waals surface area contributed by atoms with Gasteiger partial charge in [-0.2, -0.15) is 0 Å². The Morgan fingerprint density at radius 3 is 2.82 bits per heavy atom. The van der Waals surface area contributed by atoms with E-state index >= 15 is 0 Å². The van der Waals surface area contributed by atoms with Crippen molar-refractivity contribution in [1.82, 2.24) is 4.57 Å². The van der Waals surface area contributed by atoms with E-state index in [0.717, 1.165) is 5.56 Å². The van der Waals surface area contributed by atoms with Crippen LogP contribution in [0.15, 0.2) is 68.5 Å². The number of fused-ring (bicyclic) bond motifs is 2. The van der Waals surface area contributed by atoms with E-state index in [2.05, 4.69) is 27.5 Å². The van der Waals surface area contributed by atoms with Crippen LogP contribution in [0.3, 0.4) is 0 Å². The number of benzene rings is 2. The number of nitrogens with zero attached hydrogens (tertiary/aromatic N) is 2. The van der Waals surface area contributed by atoms with E-state index in [1.165, 1.54) is 15.9 Å². The largest absolute Gasteiger partial charge is 0.493 e. The molecule has 39 heavy (non-hydrogen) atoms. The van der Waals surface area contributed by atoms with Gasteiger partial charge in [-0.25, -0.2) is 9.79 Å². The van der Waals surface area contributed by atoms with Crippen molar-refractivity contribution in [1.29, 1.82) is 0 Å². The van der Waals surface area contributed by atoms with Gasteiger partial charge in [-0.3, -0.25) is 9.36 Å². The van der Waals surface area contributed by atoms with Crippen LogP contribution < -0.4 is 33.8 Å². The smallest absolute Gasteiger partial charge is 0.338 e. The lowest BCUT2D eigenvalue weighted by molar-refractivity contribution is -0.139.